The molecule has 0 bridgehead atoms. The zero-order valence-corrected chi connectivity index (χ0v) is 11.5. The molecule has 0 radical (unpaired) electrons. The average molecular weight is 289 g/mol. The van der Waals surface area contributed by atoms with Crippen LogP contribution in [0.25, 0.3) is 0 Å². The maximum absolute atomic E-state index is 13.8. The van der Waals surface area contributed by atoms with Crippen molar-refractivity contribution in [2.75, 3.05) is 0 Å². The van der Waals surface area contributed by atoms with Crippen molar-refractivity contribution in [3.05, 3.63) is 65.0 Å². The van der Waals surface area contributed by atoms with Gasteiger partial charge in [-0.3, -0.25) is 16.3 Å². The molecule has 3 N–H and O–H groups in total. The van der Waals surface area contributed by atoms with Gasteiger partial charge in [0.2, 0.25) is 0 Å². The third-order valence-corrected chi connectivity index (χ3v) is 4.19. The number of aryl methyl sites for hydroxylation is 1. The zero-order valence-electron chi connectivity index (χ0n) is 11.5. The van der Waals surface area contributed by atoms with E-state index < -0.39 is 11.6 Å². The summed E-state index contributed by atoms with van der Waals surface area (Å²) in [6.07, 6.45) is 3.76. The van der Waals surface area contributed by atoms with Crippen LogP contribution in [0.3, 0.4) is 0 Å². The Morgan fingerprint density at radius 1 is 1.24 bits per heavy atom. The van der Waals surface area contributed by atoms with Gasteiger partial charge in [-0.25, -0.2) is 8.78 Å². The first-order chi connectivity index (χ1) is 10.2. The smallest absolute Gasteiger partial charge is 0.129 e. The van der Waals surface area contributed by atoms with Crippen molar-refractivity contribution in [2.24, 2.45) is 5.84 Å². The molecule has 2 aromatic rings. The molecule has 21 heavy (non-hydrogen) atoms. The fourth-order valence-corrected chi connectivity index (χ4v) is 3.10. The summed E-state index contributed by atoms with van der Waals surface area (Å²) >= 11 is 0. The first kappa shape index (κ1) is 14.1. The molecule has 0 amide bonds. The van der Waals surface area contributed by atoms with Crippen molar-refractivity contribution < 1.29 is 8.78 Å². The van der Waals surface area contributed by atoms with Gasteiger partial charge in [0, 0.05) is 29.4 Å². The van der Waals surface area contributed by atoms with Gasteiger partial charge in [0.05, 0.1) is 0 Å². The molecule has 110 valence electrons. The van der Waals surface area contributed by atoms with E-state index in [2.05, 4.69) is 10.4 Å². The standard InChI is InChI=1S/C16H17F2N3/c17-13-4-1-5-14(18)12(13)9-15(21-19)11-7-6-10-3-2-8-20-16(10)11/h1-5,8,11,15,21H,6-7,9,19H2. The minimum Gasteiger partial charge on any atom is -0.271 e. The van der Waals surface area contributed by atoms with Crippen LogP contribution in [-0.2, 0) is 12.8 Å². The number of hydrogen-bond acceptors (Lipinski definition) is 3. The van der Waals surface area contributed by atoms with E-state index in [9.17, 15) is 8.78 Å². The number of nitrogens with two attached hydrogens (primary N) is 1. The Morgan fingerprint density at radius 2 is 2.00 bits per heavy atom. The molecule has 0 saturated carbocycles. The number of pyridine rings is 1. The lowest BCUT2D eigenvalue weighted by molar-refractivity contribution is 0.414. The number of hydrogen-bond donors (Lipinski definition) is 2. The van der Waals surface area contributed by atoms with E-state index in [1.54, 1.807) is 6.20 Å². The van der Waals surface area contributed by atoms with E-state index in [0.717, 1.165) is 18.5 Å². The van der Waals surface area contributed by atoms with Crippen molar-refractivity contribution in [3.63, 3.8) is 0 Å². The van der Waals surface area contributed by atoms with Crippen molar-refractivity contribution in [2.45, 2.75) is 31.2 Å². The number of fused-ring (bicyclic) bond motifs is 1. The number of halogens is 2. The molecular weight excluding hydrogens is 272 g/mol. The minimum absolute atomic E-state index is 0.0739. The molecule has 1 heterocycles. The van der Waals surface area contributed by atoms with Crippen LogP contribution in [-0.4, -0.2) is 11.0 Å². The Kier molecular flexibility index (Phi) is 3.94. The summed E-state index contributed by atoms with van der Waals surface area (Å²) in [6, 6.07) is 7.61. The van der Waals surface area contributed by atoms with Gasteiger partial charge in [-0.1, -0.05) is 12.1 Å². The first-order valence-electron chi connectivity index (χ1n) is 7.03. The number of aromatic nitrogens is 1. The highest BCUT2D eigenvalue weighted by molar-refractivity contribution is 5.31. The van der Waals surface area contributed by atoms with E-state index >= 15 is 0 Å². The summed E-state index contributed by atoms with van der Waals surface area (Å²) in [7, 11) is 0. The van der Waals surface area contributed by atoms with Crippen molar-refractivity contribution in [1.82, 2.24) is 10.4 Å². The lowest BCUT2D eigenvalue weighted by Crippen LogP contribution is -2.41. The molecule has 1 aliphatic rings. The Labute approximate surface area is 122 Å². The van der Waals surface area contributed by atoms with Crippen molar-refractivity contribution in [1.29, 1.82) is 0 Å². The predicted molar refractivity (Wildman–Crippen MR) is 76.5 cm³/mol. The van der Waals surface area contributed by atoms with Crippen LogP contribution in [0.4, 0.5) is 8.78 Å². The Bertz CT molecular complexity index is 625. The summed E-state index contributed by atoms with van der Waals surface area (Å²) < 4.78 is 27.6. The third kappa shape index (κ3) is 2.66. The van der Waals surface area contributed by atoms with Gasteiger partial charge in [0.15, 0.2) is 0 Å². The molecule has 0 fully saturated rings. The van der Waals surface area contributed by atoms with E-state index in [-0.39, 0.29) is 23.9 Å². The Morgan fingerprint density at radius 3 is 2.71 bits per heavy atom. The van der Waals surface area contributed by atoms with Gasteiger partial charge in [0.1, 0.15) is 11.6 Å². The van der Waals surface area contributed by atoms with Gasteiger partial charge in [-0.15, -0.1) is 0 Å². The summed E-state index contributed by atoms with van der Waals surface area (Å²) in [4.78, 5) is 4.41. The summed E-state index contributed by atoms with van der Waals surface area (Å²) in [6.45, 7) is 0. The van der Waals surface area contributed by atoms with Gasteiger partial charge >= 0.3 is 0 Å². The number of nitrogens with zero attached hydrogens (tertiary/aromatic N) is 1. The molecule has 2 unspecified atom stereocenters. The number of benzene rings is 1. The monoisotopic (exact) mass is 289 g/mol. The maximum atomic E-state index is 13.8. The van der Waals surface area contributed by atoms with Gasteiger partial charge in [0.25, 0.3) is 0 Å². The number of hydrazine groups is 1. The first-order valence-corrected chi connectivity index (χ1v) is 7.03. The Hall–Kier alpha value is -1.85. The van der Waals surface area contributed by atoms with E-state index in [1.807, 2.05) is 12.1 Å². The van der Waals surface area contributed by atoms with Crippen LogP contribution < -0.4 is 11.3 Å². The summed E-state index contributed by atoms with van der Waals surface area (Å²) in [5.41, 5.74) is 4.96. The van der Waals surface area contributed by atoms with Gasteiger partial charge in [-0.2, -0.15) is 0 Å². The number of rotatable bonds is 4. The van der Waals surface area contributed by atoms with Crippen LogP contribution in [0.5, 0.6) is 0 Å². The lowest BCUT2D eigenvalue weighted by Gasteiger charge is -2.23. The summed E-state index contributed by atoms with van der Waals surface area (Å²) in [5.74, 6) is 4.64. The second kappa shape index (κ2) is 5.87. The molecule has 3 rings (SSSR count). The third-order valence-electron chi connectivity index (χ3n) is 4.19. The predicted octanol–water partition coefficient (Wildman–Crippen LogP) is 2.46. The quantitative estimate of drug-likeness (QED) is 0.671. The van der Waals surface area contributed by atoms with Gasteiger partial charge in [-0.05, 0) is 43.0 Å². The van der Waals surface area contributed by atoms with E-state index in [0.29, 0.717) is 0 Å². The molecule has 0 spiro atoms. The second-order valence-corrected chi connectivity index (χ2v) is 5.37. The Balaban J connectivity index is 1.87. The van der Waals surface area contributed by atoms with E-state index in [4.69, 9.17) is 5.84 Å². The highest BCUT2D eigenvalue weighted by atomic mass is 19.1. The highest BCUT2D eigenvalue weighted by Crippen LogP contribution is 2.35. The molecular formula is C16H17F2N3. The second-order valence-electron chi connectivity index (χ2n) is 5.37. The molecule has 0 saturated heterocycles. The minimum atomic E-state index is -0.533. The number of nitrogens with one attached hydrogen (secondary N) is 1. The van der Waals surface area contributed by atoms with Crippen molar-refractivity contribution in [3.8, 4) is 0 Å². The molecule has 5 heteroatoms. The molecule has 1 aromatic heterocycles. The van der Waals surface area contributed by atoms with Crippen LogP contribution >= 0.6 is 0 Å². The normalized spacial score (nSPS) is 18.5. The van der Waals surface area contributed by atoms with Crippen LogP contribution in [0, 0.1) is 11.6 Å². The largest absolute Gasteiger partial charge is 0.271 e. The van der Waals surface area contributed by atoms with E-state index in [1.165, 1.54) is 23.8 Å². The zero-order chi connectivity index (χ0) is 14.8. The van der Waals surface area contributed by atoms with Gasteiger partial charge < -0.3 is 0 Å². The highest BCUT2D eigenvalue weighted by Gasteiger charge is 2.31. The van der Waals surface area contributed by atoms with Crippen LogP contribution in [0.1, 0.15) is 29.2 Å². The average Bonchev–Trinajstić information content (AvgIpc) is 2.91. The fourth-order valence-electron chi connectivity index (χ4n) is 3.10. The molecule has 1 aliphatic carbocycles. The van der Waals surface area contributed by atoms with Crippen LogP contribution in [0.2, 0.25) is 0 Å². The molecule has 3 nitrogen and oxygen atoms in total. The molecule has 0 aliphatic heterocycles. The van der Waals surface area contributed by atoms with Crippen LogP contribution in [0.15, 0.2) is 36.5 Å². The molecule has 1 aromatic carbocycles. The fraction of sp³-hybridized carbons (Fsp3) is 0.312. The molecule has 2 atom stereocenters. The van der Waals surface area contributed by atoms with Crippen molar-refractivity contribution >= 4 is 0 Å². The maximum Gasteiger partial charge on any atom is 0.129 e. The lowest BCUT2D eigenvalue weighted by atomic mass is 9.91. The topological polar surface area (TPSA) is 50.9 Å². The summed E-state index contributed by atoms with van der Waals surface area (Å²) in [5, 5.41) is 0. The SMILES string of the molecule is NNC(Cc1c(F)cccc1F)C1CCc2cccnc21.